The van der Waals surface area contributed by atoms with Crippen LogP contribution in [0.2, 0.25) is 0 Å². The van der Waals surface area contributed by atoms with E-state index in [-0.39, 0.29) is 17.4 Å². The predicted molar refractivity (Wildman–Crippen MR) is 108 cm³/mol. The van der Waals surface area contributed by atoms with Gasteiger partial charge in [0.15, 0.2) is 11.6 Å². The van der Waals surface area contributed by atoms with Crippen molar-refractivity contribution in [1.82, 2.24) is 15.1 Å². The van der Waals surface area contributed by atoms with Crippen molar-refractivity contribution in [1.29, 1.82) is 0 Å². The zero-order chi connectivity index (χ0) is 21.4. The fraction of sp³-hybridized carbons (Fsp3) is 0.545. The van der Waals surface area contributed by atoms with E-state index in [1.165, 1.54) is 6.07 Å². The second-order valence-corrected chi connectivity index (χ2v) is 8.67. The molecule has 166 valence electrons. The summed E-state index contributed by atoms with van der Waals surface area (Å²) in [5, 5.41) is 11.5. The molecule has 31 heavy (non-hydrogen) atoms. The van der Waals surface area contributed by atoms with Crippen molar-refractivity contribution >= 4 is 5.82 Å². The van der Waals surface area contributed by atoms with Crippen LogP contribution in [0.4, 0.5) is 19.0 Å². The number of anilines is 1. The van der Waals surface area contributed by atoms with E-state index >= 15 is 0 Å². The van der Waals surface area contributed by atoms with Crippen molar-refractivity contribution in [2.24, 2.45) is 11.8 Å². The number of hydrogen-bond acceptors (Lipinski definition) is 6. The summed E-state index contributed by atoms with van der Waals surface area (Å²) in [4.78, 5) is 2.48. The summed E-state index contributed by atoms with van der Waals surface area (Å²) in [7, 11) is 0. The van der Waals surface area contributed by atoms with Crippen molar-refractivity contribution in [2.45, 2.75) is 25.0 Å². The van der Waals surface area contributed by atoms with E-state index in [0.717, 1.165) is 38.5 Å². The fourth-order valence-electron chi connectivity index (χ4n) is 5.10. The molecule has 0 unspecified atom stereocenters. The highest BCUT2D eigenvalue weighted by Gasteiger charge is 2.41. The van der Waals surface area contributed by atoms with Crippen molar-refractivity contribution in [2.75, 3.05) is 44.8 Å². The molecule has 1 saturated carbocycles. The van der Waals surface area contributed by atoms with E-state index in [4.69, 9.17) is 9.47 Å². The molecule has 1 N–H and O–H groups in total. The van der Waals surface area contributed by atoms with Crippen LogP contribution in [0.15, 0.2) is 24.3 Å². The number of benzene rings is 1. The third-order valence-corrected chi connectivity index (χ3v) is 6.46. The van der Waals surface area contributed by atoms with E-state index in [9.17, 15) is 13.2 Å². The summed E-state index contributed by atoms with van der Waals surface area (Å²) in [5.74, 6) is -1.37. The van der Waals surface area contributed by atoms with Gasteiger partial charge in [0.2, 0.25) is 0 Å². The smallest absolute Gasteiger partial charge is 0.168 e. The molecule has 6 nitrogen and oxygen atoms in total. The molecule has 9 heteroatoms. The molecule has 3 aliphatic rings. The van der Waals surface area contributed by atoms with Gasteiger partial charge in [-0.2, -0.15) is 0 Å². The van der Waals surface area contributed by atoms with Gasteiger partial charge in [0.25, 0.3) is 0 Å². The van der Waals surface area contributed by atoms with Crippen molar-refractivity contribution in [3.05, 3.63) is 41.7 Å². The van der Waals surface area contributed by atoms with Gasteiger partial charge in [0.05, 0.1) is 31.6 Å². The lowest BCUT2D eigenvalue weighted by Gasteiger charge is -2.28. The first-order valence-corrected chi connectivity index (χ1v) is 10.7. The quantitative estimate of drug-likeness (QED) is 0.730. The van der Waals surface area contributed by atoms with Crippen molar-refractivity contribution in [3.8, 4) is 11.3 Å². The van der Waals surface area contributed by atoms with E-state index in [1.54, 1.807) is 6.07 Å². The second-order valence-electron chi connectivity index (χ2n) is 8.67. The monoisotopic (exact) mass is 434 g/mol. The Kier molecular flexibility index (Phi) is 5.81. The average molecular weight is 434 g/mol. The minimum absolute atomic E-state index is 0.0919. The minimum Gasteiger partial charge on any atom is -0.376 e. The van der Waals surface area contributed by atoms with Crippen LogP contribution >= 0.6 is 0 Å². The van der Waals surface area contributed by atoms with Crippen LogP contribution < -0.4 is 5.32 Å². The molecule has 1 aromatic heterocycles. The summed E-state index contributed by atoms with van der Waals surface area (Å²) in [5.41, 5.74) is -0.145. The number of halogens is 3. The maximum Gasteiger partial charge on any atom is 0.168 e. The third kappa shape index (κ3) is 4.53. The first-order chi connectivity index (χ1) is 15.0. The lowest BCUT2D eigenvalue weighted by molar-refractivity contribution is -0.0964. The standard InChI is InChI=1S/C22H25F3N4O2/c23-15-7-18(22(25)19(24)8-15)20-1-2-21(28-27-20)26-16-5-13-9-29(10-14(13)6-16)11-17-12-30-3-4-31-17/h1-2,7-8,13-14,16-17H,3-6,9-12H2,(H,26,28)/t13-,14+,16+,17-/m1/s1. The Balaban J connectivity index is 1.16. The summed E-state index contributed by atoms with van der Waals surface area (Å²) < 4.78 is 52.1. The highest BCUT2D eigenvalue weighted by atomic mass is 19.2. The number of fused-ring (bicyclic) bond motifs is 1. The summed E-state index contributed by atoms with van der Waals surface area (Å²) in [6.45, 7) is 5.10. The van der Waals surface area contributed by atoms with Crippen LogP contribution in [-0.2, 0) is 9.47 Å². The summed E-state index contributed by atoms with van der Waals surface area (Å²) in [6, 6.07) is 4.93. The SMILES string of the molecule is Fc1cc(F)c(F)c(-c2ccc(N[C@H]3C[C@@H]4CN(C[C@@H]5COCCO5)C[C@@H]4C3)nn2)c1. The van der Waals surface area contributed by atoms with Gasteiger partial charge in [-0.25, -0.2) is 13.2 Å². The molecule has 1 aromatic carbocycles. The predicted octanol–water partition coefficient (Wildman–Crippen LogP) is 3.10. The van der Waals surface area contributed by atoms with E-state index in [2.05, 4.69) is 20.4 Å². The maximum atomic E-state index is 14.0. The first-order valence-electron chi connectivity index (χ1n) is 10.7. The molecule has 0 bridgehead atoms. The number of nitrogens with one attached hydrogen (secondary N) is 1. The topological polar surface area (TPSA) is 59.5 Å². The van der Waals surface area contributed by atoms with Crippen LogP contribution in [0.25, 0.3) is 11.3 Å². The number of likely N-dealkylation sites (tertiary alicyclic amines) is 1. The Labute approximate surface area is 178 Å². The van der Waals surface area contributed by atoms with Gasteiger partial charge in [0, 0.05) is 37.3 Å². The van der Waals surface area contributed by atoms with Gasteiger partial charge in [0.1, 0.15) is 11.6 Å². The lowest BCUT2D eigenvalue weighted by atomic mass is 10.0. The molecule has 0 amide bonds. The fourth-order valence-corrected chi connectivity index (χ4v) is 5.10. The first kappa shape index (κ1) is 20.7. The van der Waals surface area contributed by atoms with Crippen LogP contribution in [-0.4, -0.2) is 66.7 Å². The van der Waals surface area contributed by atoms with Crippen LogP contribution in [0, 0.1) is 29.3 Å². The Bertz CT molecular complexity index is 910. The van der Waals surface area contributed by atoms with Gasteiger partial charge in [-0.1, -0.05) is 0 Å². The minimum atomic E-state index is -1.24. The highest BCUT2D eigenvalue weighted by molar-refractivity contribution is 5.60. The molecule has 2 saturated heterocycles. The summed E-state index contributed by atoms with van der Waals surface area (Å²) >= 11 is 0. The van der Waals surface area contributed by atoms with Crippen LogP contribution in [0.5, 0.6) is 0 Å². The normalized spacial score (nSPS) is 28.6. The van der Waals surface area contributed by atoms with Gasteiger partial charge in [-0.3, -0.25) is 0 Å². The number of nitrogens with zero attached hydrogens (tertiary/aromatic N) is 3. The van der Waals surface area contributed by atoms with Gasteiger partial charge >= 0.3 is 0 Å². The summed E-state index contributed by atoms with van der Waals surface area (Å²) in [6.07, 6.45) is 2.28. The molecule has 2 aromatic rings. The van der Waals surface area contributed by atoms with E-state index in [1.807, 2.05) is 0 Å². The van der Waals surface area contributed by atoms with Crippen LogP contribution in [0.3, 0.4) is 0 Å². The number of aromatic nitrogens is 2. The Morgan fingerprint density at radius 3 is 2.52 bits per heavy atom. The molecule has 1 aliphatic carbocycles. The average Bonchev–Trinajstić information content (AvgIpc) is 3.30. The van der Waals surface area contributed by atoms with Gasteiger partial charge in [-0.15, -0.1) is 10.2 Å². The van der Waals surface area contributed by atoms with E-state index in [0.29, 0.717) is 49.6 Å². The van der Waals surface area contributed by atoms with Gasteiger partial charge < -0.3 is 19.7 Å². The molecule has 0 spiro atoms. The maximum absolute atomic E-state index is 14.0. The third-order valence-electron chi connectivity index (χ3n) is 6.46. The molecule has 3 fully saturated rings. The molecule has 2 aliphatic heterocycles. The Hall–Kier alpha value is -2.23. The molecule has 5 rings (SSSR count). The highest BCUT2D eigenvalue weighted by Crippen LogP contribution is 2.39. The number of ether oxygens (including phenoxy) is 2. The zero-order valence-corrected chi connectivity index (χ0v) is 17.1. The number of hydrogen-bond donors (Lipinski definition) is 1. The van der Waals surface area contributed by atoms with Crippen molar-refractivity contribution in [3.63, 3.8) is 0 Å². The Morgan fingerprint density at radius 2 is 1.84 bits per heavy atom. The molecule has 3 heterocycles. The second kappa shape index (κ2) is 8.72. The van der Waals surface area contributed by atoms with E-state index < -0.39 is 17.5 Å². The molecular formula is C22H25F3N4O2. The number of rotatable bonds is 5. The largest absolute Gasteiger partial charge is 0.376 e. The lowest BCUT2D eigenvalue weighted by Crippen LogP contribution is -2.39. The van der Waals surface area contributed by atoms with Gasteiger partial charge in [-0.05, 0) is 42.9 Å². The van der Waals surface area contributed by atoms with Crippen molar-refractivity contribution < 1.29 is 22.6 Å². The molecular weight excluding hydrogens is 409 g/mol. The van der Waals surface area contributed by atoms with Crippen LogP contribution in [0.1, 0.15) is 12.8 Å². The molecule has 0 radical (unpaired) electrons. The Morgan fingerprint density at radius 1 is 1.03 bits per heavy atom. The zero-order valence-electron chi connectivity index (χ0n) is 17.1. The molecule has 4 atom stereocenters.